The summed E-state index contributed by atoms with van der Waals surface area (Å²) in [6.07, 6.45) is 3.06. The Kier molecular flexibility index (Phi) is 10.7. The van der Waals surface area contributed by atoms with Gasteiger partial charge in [-0.2, -0.15) is 0 Å². The van der Waals surface area contributed by atoms with Crippen LogP contribution in [0.5, 0.6) is 0 Å². The molecule has 0 fully saturated rings. The first-order valence-electron chi connectivity index (χ1n) is 8.97. The molecule has 0 aromatic heterocycles. The third-order valence-corrected chi connectivity index (χ3v) is 3.75. The smallest absolute Gasteiger partial charge is 0.306 e. The number of rotatable bonds is 12. The number of nitrogens with one attached hydrogen (secondary N) is 2. The molecule has 1 aromatic carbocycles. The van der Waals surface area contributed by atoms with Gasteiger partial charge in [0.1, 0.15) is 12.6 Å². The molecular weight excluding hydrogens is 334 g/mol. The van der Waals surface area contributed by atoms with E-state index in [1.165, 1.54) is 6.92 Å². The Labute approximate surface area is 154 Å². The number of amides is 2. The van der Waals surface area contributed by atoms with Crippen LogP contribution in [0.2, 0.25) is 0 Å². The van der Waals surface area contributed by atoms with Crippen LogP contribution < -0.4 is 16.4 Å². The number of hydrogen-bond donors (Lipinski definition) is 3. The average Bonchev–Trinajstić information content (AvgIpc) is 2.63. The maximum Gasteiger partial charge on any atom is 0.306 e. The lowest BCUT2D eigenvalue weighted by atomic mass is 10.1. The first-order valence-corrected chi connectivity index (χ1v) is 8.97. The van der Waals surface area contributed by atoms with Gasteiger partial charge in [-0.05, 0) is 18.4 Å². The van der Waals surface area contributed by atoms with Gasteiger partial charge in [0, 0.05) is 26.4 Å². The number of hydrogen-bond acceptors (Lipinski definition) is 5. The van der Waals surface area contributed by atoms with Gasteiger partial charge in [0.15, 0.2) is 0 Å². The van der Waals surface area contributed by atoms with E-state index in [1.54, 1.807) is 0 Å². The van der Waals surface area contributed by atoms with Gasteiger partial charge < -0.3 is 21.1 Å². The molecule has 0 bridgehead atoms. The van der Waals surface area contributed by atoms with Crippen molar-refractivity contribution >= 4 is 17.8 Å². The van der Waals surface area contributed by atoms with Crippen molar-refractivity contribution in [3.05, 3.63) is 35.9 Å². The van der Waals surface area contributed by atoms with Gasteiger partial charge in [-0.25, -0.2) is 0 Å². The number of ether oxygens (including phenoxy) is 1. The lowest BCUT2D eigenvalue weighted by Gasteiger charge is -2.17. The van der Waals surface area contributed by atoms with Gasteiger partial charge in [-0.3, -0.25) is 14.4 Å². The largest absolute Gasteiger partial charge is 0.461 e. The van der Waals surface area contributed by atoms with Crippen LogP contribution in [0.15, 0.2) is 30.3 Å². The molecule has 4 N–H and O–H groups in total. The molecule has 0 aliphatic heterocycles. The van der Waals surface area contributed by atoms with E-state index < -0.39 is 6.04 Å². The first-order chi connectivity index (χ1) is 12.5. The summed E-state index contributed by atoms with van der Waals surface area (Å²) in [5.41, 5.74) is 6.32. The molecule has 0 unspecified atom stereocenters. The molecule has 0 radical (unpaired) electrons. The third kappa shape index (κ3) is 9.78. The standard InChI is InChI=1S/C19H29N3O4/c1-15(23)22-17(19(25)21-13-12-20)10-6-3-7-11-18(24)26-14-16-8-4-2-5-9-16/h2,4-5,8-9,17H,3,6-7,10-14,20H2,1H3,(H,21,25)(H,22,23)/t17-/m0/s1. The summed E-state index contributed by atoms with van der Waals surface area (Å²) < 4.78 is 5.22. The van der Waals surface area contributed by atoms with Crippen LogP contribution in [0.1, 0.15) is 44.6 Å². The third-order valence-electron chi connectivity index (χ3n) is 3.75. The van der Waals surface area contributed by atoms with Crippen LogP contribution in [-0.2, 0) is 25.7 Å². The second-order valence-electron chi connectivity index (χ2n) is 6.08. The number of unbranched alkanes of at least 4 members (excludes halogenated alkanes) is 2. The molecule has 0 spiro atoms. The second-order valence-corrected chi connectivity index (χ2v) is 6.08. The summed E-state index contributed by atoms with van der Waals surface area (Å²) >= 11 is 0. The maximum absolute atomic E-state index is 12.0. The molecule has 144 valence electrons. The molecule has 0 saturated heterocycles. The van der Waals surface area contributed by atoms with Crippen molar-refractivity contribution in [2.24, 2.45) is 5.73 Å². The normalized spacial score (nSPS) is 11.5. The minimum atomic E-state index is -0.566. The van der Waals surface area contributed by atoms with Gasteiger partial charge in [0.2, 0.25) is 11.8 Å². The molecule has 0 aliphatic rings. The highest BCUT2D eigenvalue weighted by Crippen LogP contribution is 2.08. The molecule has 7 nitrogen and oxygen atoms in total. The van der Waals surface area contributed by atoms with Crippen LogP contribution in [0.25, 0.3) is 0 Å². The van der Waals surface area contributed by atoms with E-state index >= 15 is 0 Å². The topological polar surface area (TPSA) is 111 Å². The van der Waals surface area contributed by atoms with Gasteiger partial charge in [0.25, 0.3) is 0 Å². The highest BCUT2D eigenvalue weighted by atomic mass is 16.5. The van der Waals surface area contributed by atoms with Crippen molar-refractivity contribution in [3.63, 3.8) is 0 Å². The van der Waals surface area contributed by atoms with E-state index in [2.05, 4.69) is 10.6 Å². The Bertz CT molecular complexity index is 563. The molecule has 0 aliphatic carbocycles. The summed E-state index contributed by atoms with van der Waals surface area (Å²) in [5, 5.41) is 5.32. The van der Waals surface area contributed by atoms with Gasteiger partial charge in [-0.1, -0.05) is 43.2 Å². The van der Waals surface area contributed by atoms with Crippen LogP contribution in [0.4, 0.5) is 0 Å². The molecule has 26 heavy (non-hydrogen) atoms. The average molecular weight is 363 g/mol. The Morgan fingerprint density at radius 2 is 1.85 bits per heavy atom. The monoisotopic (exact) mass is 363 g/mol. The van der Waals surface area contributed by atoms with Crippen molar-refractivity contribution in [2.45, 2.75) is 51.7 Å². The van der Waals surface area contributed by atoms with Gasteiger partial charge in [-0.15, -0.1) is 0 Å². The predicted molar refractivity (Wildman–Crippen MR) is 99.0 cm³/mol. The molecule has 1 rings (SSSR count). The fourth-order valence-corrected chi connectivity index (χ4v) is 2.44. The molecule has 2 amide bonds. The van der Waals surface area contributed by atoms with Crippen LogP contribution in [0, 0.1) is 0 Å². The number of esters is 1. The predicted octanol–water partition coefficient (Wildman–Crippen LogP) is 1.26. The zero-order valence-corrected chi connectivity index (χ0v) is 15.3. The molecule has 0 saturated carbocycles. The second kappa shape index (κ2) is 12.9. The zero-order chi connectivity index (χ0) is 19.2. The summed E-state index contributed by atoms with van der Waals surface area (Å²) in [5.74, 6) is -0.705. The van der Waals surface area contributed by atoms with Gasteiger partial charge >= 0.3 is 5.97 Å². The quantitative estimate of drug-likeness (QED) is 0.382. The Hall–Kier alpha value is -2.41. The van der Waals surface area contributed by atoms with Crippen LogP contribution >= 0.6 is 0 Å². The Morgan fingerprint density at radius 3 is 2.50 bits per heavy atom. The SMILES string of the molecule is CC(=O)N[C@@H](CCCCCC(=O)OCc1ccccc1)C(=O)NCCN. The fraction of sp³-hybridized carbons (Fsp3) is 0.526. The Morgan fingerprint density at radius 1 is 1.12 bits per heavy atom. The molecular formula is C19H29N3O4. The van der Waals surface area contributed by atoms with Crippen molar-refractivity contribution < 1.29 is 19.1 Å². The van der Waals surface area contributed by atoms with Crippen molar-refractivity contribution in [1.29, 1.82) is 0 Å². The summed E-state index contributed by atoms with van der Waals surface area (Å²) in [6, 6.07) is 8.96. The summed E-state index contributed by atoms with van der Waals surface area (Å²) in [6.45, 7) is 2.39. The van der Waals surface area contributed by atoms with Crippen molar-refractivity contribution in [3.8, 4) is 0 Å². The van der Waals surface area contributed by atoms with Crippen LogP contribution in [0.3, 0.4) is 0 Å². The zero-order valence-electron chi connectivity index (χ0n) is 15.3. The first kappa shape index (κ1) is 21.6. The van der Waals surface area contributed by atoms with Gasteiger partial charge in [0.05, 0.1) is 0 Å². The highest BCUT2D eigenvalue weighted by molar-refractivity contribution is 5.86. The lowest BCUT2D eigenvalue weighted by molar-refractivity contribution is -0.145. The molecule has 0 heterocycles. The molecule has 1 aromatic rings. The van der Waals surface area contributed by atoms with E-state index in [-0.39, 0.29) is 24.4 Å². The van der Waals surface area contributed by atoms with E-state index in [1.807, 2.05) is 30.3 Å². The summed E-state index contributed by atoms with van der Waals surface area (Å²) in [7, 11) is 0. The maximum atomic E-state index is 12.0. The summed E-state index contributed by atoms with van der Waals surface area (Å²) in [4.78, 5) is 34.9. The minimum absolute atomic E-state index is 0.229. The minimum Gasteiger partial charge on any atom is -0.461 e. The van der Waals surface area contributed by atoms with E-state index in [0.29, 0.717) is 32.4 Å². The number of benzene rings is 1. The highest BCUT2D eigenvalue weighted by Gasteiger charge is 2.18. The van der Waals surface area contributed by atoms with E-state index in [0.717, 1.165) is 18.4 Å². The Balaban J connectivity index is 2.20. The lowest BCUT2D eigenvalue weighted by Crippen LogP contribution is -2.47. The number of carbonyl (C=O) groups is 3. The van der Waals surface area contributed by atoms with Crippen LogP contribution in [-0.4, -0.2) is 36.9 Å². The number of nitrogens with two attached hydrogens (primary N) is 1. The fourth-order valence-electron chi connectivity index (χ4n) is 2.44. The van der Waals surface area contributed by atoms with Crippen molar-refractivity contribution in [2.75, 3.05) is 13.1 Å². The van der Waals surface area contributed by atoms with Crippen molar-refractivity contribution in [1.82, 2.24) is 10.6 Å². The molecule has 7 heteroatoms. The molecule has 1 atom stereocenters. The van der Waals surface area contributed by atoms with E-state index in [9.17, 15) is 14.4 Å². The van der Waals surface area contributed by atoms with E-state index in [4.69, 9.17) is 10.5 Å². The number of carbonyl (C=O) groups excluding carboxylic acids is 3.